The molecular formula is C17H16F3N. The predicted octanol–water partition coefficient (Wildman–Crippen LogP) is 4.83. The number of alkyl halides is 3. The number of halogens is 3. The number of benzene rings is 2. The van der Waals surface area contributed by atoms with Crippen molar-refractivity contribution in [1.29, 1.82) is 0 Å². The van der Waals surface area contributed by atoms with Gasteiger partial charge in [0.25, 0.3) is 0 Å². The smallest absolute Gasteiger partial charge is 0.398 e. The normalized spacial score (nSPS) is 14.8. The molecule has 2 N–H and O–H groups in total. The monoisotopic (exact) mass is 291 g/mol. The number of rotatable bonds is 1. The summed E-state index contributed by atoms with van der Waals surface area (Å²) in [4.78, 5) is 0. The Morgan fingerprint density at radius 1 is 0.857 bits per heavy atom. The van der Waals surface area contributed by atoms with Gasteiger partial charge in [-0.25, -0.2) is 0 Å². The lowest BCUT2D eigenvalue weighted by molar-refractivity contribution is -0.137. The highest BCUT2D eigenvalue weighted by atomic mass is 19.4. The van der Waals surface area contributed by atoms with Crippen LogP contribution in [0.1, 0.15) is 29.5 Å². The summed E-state index contributed by atoms with van der Waals surface area (Å²) >= 11 is 0. The van der Waals surface area contributed by atoms with Gasteiger partial charge in [-0.3, -0.25) is 0 Å². The van der Waals surface area contributed by atoms with Crippen LogP contribution >= 0.6 is 0 Å². The molecule has 0 spiro atoms. The maximum atomic E-state index is 12.7. The molecule has 0 fully saturated rings. The zero-order valence-electron chi connectivity index (χ0n) is 11.5. The van der Waals surface area contributed by atoms with Gasteiger partial charge in [0.1, 0.15) is 0 Å². The van der Waals surface area contributed by atoms with Crippen LogP contribution in [-0.4, -0.2) is 0 Å². The Bertz CT molecular complexity index is 674. The molecule has 0 radical (unpaired) electrons. The van der Waals surface area contributed by atoms with E-state index in [1.165, 1.54) is 30.0 Å². The fourth-order valence-electron chi connectivity index (χ4n) is 2.90. The van der Waals surface area contributed by atoms with Gasteiger partial charge in [0.15, 0.2) is 0 Å². The molecule has 2 aromatic carbocycles. The van der Waals surface area contributed by atoms with Crippen molar-refractivity contribution in [2.75, 3.05) is 5.73 Å². The van der Waals surface area contributed by atoms with Crippen molar-refractivity contribution in [2.24, 2.45) is 0 Å². The second-order valence-corrected chi connectivity index (χ2v) is 5.49. The minimum absolute atomic E-state index is 0.167. The van der Waals surface area contributed by atoms with Gasteiger partial charge in [-0.15, -0.1) is 0 Å². The zero-order chi connectivity index (χ0) is 15.0. The van der Waals surface area contributed by atoms with Crippen LogP contribution in [0.3, 0.4) is 0 Å². The summed E-state index contributed by atoms with van der Waals surface area (Å²) in [5.41, 5.74) is 9.47. The lowest BCUT2D eigenvalue weighted by Crippen LogP contribution is -2.06. The Morgan fingerprint density at radius 2 is 1.57 bits per heavy atom. The van der Waals surface area contributed by atoms with Crippen molar-refractivity contribution in [2.45, 2.75) is 31.9 Å². The Labute approximate surface area is 121 Å². The molecule has 0 aliphatic heterocycles. The van der Waals surface area contributed by atoms with E-state index in [4.69, 9.17) is 5.73 Å². The zero-order valence-corrected chi connectivity index (χ0v) is 11.5. The molecule has 1 aliphatic carbocycles. The van der Waals surface area contributed by atoms with Crippen LogP contribution in [0, 0.1) is 0 Å². The van der Waals surface area contributed by atoms with Crippen molar-refractivity contribution in [3.05, 3.63) is 53.1 Å². The van der Waals surface area contributed by atoms with E-state index in [1.807, 2.05) is 6.07 Å². The highest BCUT2D eigenvalue weighted by Crippen LogP contribution is 2.35. The molecule has 0 saturated heterocycles. The van der Waals surface area contributed by atoms with Gasteiger partial charge in [-0.1, -0.05) is 24.3 Å². The molecule has 2 aromatic rings. The fraction of sp³-hybridized carbons (Fsp3) is 0.294. The second-order valence-electron chi connectivity index (χ2n) is 5.49. The number of nitrogen functional groups attached to an aromatic ring is 1. The van der Waals surface area contributed by atoms with Crippen molar-refractivity contribution >= 4 is 5.69 Å². The molecular weight excluding hydrogens is 275 g/mol. The minimum Gasteiger partial charge on any atom is -0.398 e. The number of fused-ring (bicyclic) bond motifs is 1. The second kappa shape index (κ2) is 5.10. The molecule has 0 heterocycles. The summed E-state index contributed by atoms with van der Waals surface area (Å²) in [5.74, 6) is 0. The maximum absolute atomic E-state index is 12.7. The van der Waals surface area contributed by atoms with Crippen molar-refractivity contribution in [1.82, 2.24) is 0 Å². The number of anilines is 1. The topological polar surface area (TPSA) is 26.0 Å². The summed E-state index contributed by atoms with van der Waals surface area (Å²) < 4.78 is 38.0. The number of aryl methyl sites for hydroxylation is 2. The molecule has 0 aromatic heterocycles. The third-order valence-electron chi connectivity index (χ3n) is 4.04. The molecule has 3 rings (SSSR count). The van der Waals surface area contributed by atoms with Crippen LogP contribution < -0.4 is 5.73 Å². The van der Waals surface area contributed by atoms with Gasteiger partial charge in [0.05, 0.1) is 5.56 Å². The molecule has 1 nitrogen and oxygen atoms in total. The van der Waals surface area contributed by atoms with Crippen molar-refractivity contribution < 1.29 is 13.2 Å². The average molecular weight is 291 g/mol. The van der Waals surface area contributed by atoms with Gasteiger partial charge in [0, 0.05) is 11.3 Å². The summed E-state index contributed by atoms with van der Waals surface area (Å²) in [6.45, 7) is 0. The van der Waals surface area contributed by atoms with E-state index >= 15 is 0 Å². The summed E-state index contributed by atoms with van der Waals surface area (Å²) in [7, 11) is 0. The lowest BCUT2D eigenvalue weighted by atomic mass is 9.88. The minimum atomic E-state index is -4.36. The molecule has 21 heavy (non-hydrogen) atoms. The summed E-state index contributed by atoms with van der Waals surface area (Å²) in [5, 5.41) is 0. The largest absolute Gasteiger partial charge is 0.416 e. The first-order valence-electron chi connectivity index (χ1n) is 7.04. The van der Waals surface area contributed by atoms with E-state index in [0.717, 1.165) is 30.5 Å². The number of nitrogens with two attached hydrogens (primary N) is 1. The van der Waals surface area contributed by atoms with Gasteiger partial charge in [0.2, 0.25) is 0 Å². The highest BCUT2D eigenvalue weighted by Gasteiger charge is 2.30. The third kappa shape index (κ3) is 2.75. The van der Waals surface area contributed by atoms with E-state index in [-0.39, 0.29) is 5.69 Å². The standard InChI is InChI=1S/C17H16F3N/c18-17(19,20)14-7-8-15(16(21)10-14)13-6-5-11-3-1-2-4-12(11)9-13/h5-10H,1-4,21H2. The molecule has 110 valence electrons. The summed E-state index contributed by atoms with van der Waals surface area (Å²) in [6, 6.07) is 9.64. The van der Waals surface area contributed by atoms with Gasteiger partial charge < -0.3 is 5.73 Å². The first-order valence-corrected chi connectivity index (χ1v) is 7.04. The van der Waals surface area contributed by atoms with Crippen LogP contribution in [0.15, 0.2) is 36.4 Å². The highest BCUT2D eigenvalue weighted by molar-refractivity contribution is 5.77. The first kappa shape index (κ1) is 14.0. The maximum Gasteiger partial charge on any atom is 0.416 e. The molecule has 0 amide bonds. The molecule has 0 unspecified atom stereocenters. The third-order valence-corrected chi connectivity index (χ3v) is 4.04. The number of hydrogen-bond acceptors (Lipinski definition) is 1. The van der Waals surface area contributed by atoms with Crippen molar-refractivity contribution in [3.8, 4) is 11.1 Å². The predicted molar refractivity (Wildman–Crippen MR) is 77.9 cm³/mol. The van der Waals surface area contributed by atoms with E-state index in [1.54, 1.807) is 0 Å². The van der Waals surface area contributed by atoms with Crippen LogP contribution in [0.5, 0.6) is 0 Å². The molecule has 0 bridgehead atoms. The van der Waals surface area contributed by atoms with Crippen LogP contribution in [0.4, 0.5) is 18.9 Å². The fourth-order valence-corrected chi connectivity index (χ4v) is 2.90. The average Bonchev–Trinajstić information content (AvgIpc) is 2.45. The number of hydrogen-bond donors (Lipinski definition) is 1. The Balaban J connectivity index is 2.01. The van der Waals surface area contributed by atoms with Gasteiger partial charge in [-0.05, 0) is 54.5 Å². The SMILES string of the molecule is Nc1cc(C(F)(F)F)ccc1-c1ccc2c(c1)CCCC2. The van der Waals surface area contributed by atoms with E-state index in [2.05, 4.69) is 12.1 Å². The lowest BCUT2D eigenvalue weighted by Gasteiger charge is -2.17. The molecule has 0 atom stereocenters. The molecule has 4 heteroatoms. The van der Waals surface area contributed by atoms with Gasteiger partial charge >= 0.3 is 6.18 Å². The van der Waals surface area contributed by atoms with Crippen LogP contribution in [-0.2, 0) is 19.0 Å². The first-order chi connectivity index (χ1) is 9.95. The van der Waals surface area contributed by atoms with E-state index in [9.17, 15) is 13.2 Å². The molecule has 0 saturated carbocycles. The Morgan fingerprint density at radius 3 is 2.24 bits per heavy atom. The van der Waals surface area contributed by atoms with Crippen molar-refractivity contribution in [3.63, 3.8) is 0 Å². The quantitative estimate of drug-likeness (QED) is 0.748. The Kier molecular flexibility index (Phi) is 3.40. The van der Waals surface area contributed by atoms with Gasteiger partial charge in [-0.2, -0.15) is 13.2 Å². The molecule has 1 aliphatic rings. The summed E-state index contributed by atoms with van der Waals surface area (Å²) in [6.07, 6.45) is 0.123. The van der Waals surface area contributed by atoms with E-state index in [0.29, 0.717) is 5.56 Å². The van der Waals surface area contributed by atoms with Crippen LogP contribution in [0.2, 0.25) is 0 Å². The van der Waals surface area contributed by atoms with E-state index < -0.39 is 11.7 Å². The van der Waals surface area contributed by atoms with Crippen LogP contribution in [0.25, 0.3) is 11.1 Å². The Hall–Kier alpha value is -1.97.